The lowest BCUT2D eigenvalue weighted by atomic mass is 10.2. The number of carboxylic acid groups (broad SMARTS) is 1. The van der Waals surface area contributed by atoms with Crippen LogP contribution in [0.2, 0.25) is 0 Å². The second-order valence-electron chi connectivity index (χ2n) is 2.81. The number of aromatic carboxylic acids is 1. The Morgan fingerprint density at radius 2 is 2.07 bits per heavy atom. The average molecular weight is 209 g/mol. The van der Waals surface area contributed by atoms with Gasteiger partial charge in [-0.15, -0.1) is 0 Å². The van der Waals surface area contributed by atoms with Crippen molar-refractivity contribution in [1.82, 2.24) is 5.32 Å². The van der Waals surface area contributed by atoms with Crippen molar-refractivity contribution in [3.8, 4) is 5.75 Å². The highest BCUT2D eigenvalue weighted by molar-refractivity contribution is 5.92. The number of carbonyl (C=O) groups excluding carboxylic acids is 1. The Bertz CT molecular complexity index is 375. The van der Waals surface area contributed by atoms with Gasteiger partial charge >= 0.3 is 11.9 Å². The van der Waals surface area contributed by atoms with Crippen LogP contribution in [0, 0.1) is 0 Å². The summed E-state index contributed by atoms with van der Waals surface area (Å²) in [5.74, 6) is -1.58. The molecule has 0 radical (unpaired) electrons. The maximum absolute atomic E-state index is 11.1. The molecule has 0 spiro atoms. The predicted molar refractivity (Wildman–Crippen MR) is 53.0 cm³/mol. The molecule has 0 bridgehead atoms. The van der Waals surface area contributed by atoms with E-state index >= 15 is 0 Å². The number of esters is 1. The summed E-state index contributed by atoms with van der Waals surface area (Å²) in [6, 6.07) is 5.99. The highest BCUT2D eigenvalue weighted by atomic mass is 16.5. The molecule has 1 aromatic rings. The zero-order valence-electron chi connectivity index (χ0n) is 8.19. The van der Waals surface area contributed by atoms with Crippen molar-refractivity contribution in [3.63, 3.8) is 0 Å². The number of hydrogen-bond donors (Lipinski definition) is 2. The Balaban J connectivity index is 2.84. The zero-order valence-corrected chi connectivity index (χ0v) is 8.19. The molecule has 1 rings (SSSR count). The van der Waals surface area contributed by atoms with Crippen LogP contribution in [0.3, 0.4) is 0 Å². The van der Waals surface area contributed by atoms with E-state index in [-0.39, 0.29) is 17.9 Å². The molecule has 0 amide bonds. The lowest BCUT2D eigenvalue weighted by molar-refractivity contribution is -0.133. The topological polar surface area (TPSA) is 75.6 Å². The lowest BCUT2D eigenvalue weighted by Gasteiger charge is -2.06. The number of carbonyl (C=O) groups is 2. The molecule has 5 heteroatoms. The largest absolute Gasteiger partial charge is 0.478 e. The van der Waals surface area contributed by atoms with E-state index in [1.54, 1.807) is 19.2 Å². The molecule has 15 heavy (non-hydrogen) atoms. The summed E-state index contributed by atoms with van der Waals surface area (Å²) in [4.78, 5) is 21.9. The fraction of sp³-hybridized carbons (Fsp3) is 0.200. The molecule has 0 aliphatic heterocycles. The van der Waals surface area contributed by atoms with Gasteiger partial charge in [-0.25, -0.2) is 4.79 Å². The van der Waals surface area contributed by atoms with Gasteiger partial charge in [0, 0.05) is 0 Å². The van der Waals surface area contributed by atoms with Crippen LogP contribution < -0.4 is 10.1 Å². The molecule has 2 N–H and O–H groups in total. The molecule has 0 aliphatic carbocycles. The van der Waals surface area contributed by atoms with Crippen molar-refractivity contribution in [1.29, 1.82) is 0 Å². The van der Waals surface area contributed by atoms with Gasteiger partial charge in [-0.1, -0.05) is 12.1 Å². The summed E-state index contributed by atoms with van der Waals surface area (Å²) in [6.07, 6.45) is 0. The Morgan fingerprint density at radius 1 is 1.40 bits per heavy atom. The molecule has 1 aromatic carbocycles. The van der Waals surface area contributed by atoms with E-state index in [2.05, 4.69) is 5.32 Å². The minimum Gasteiger partial charge on any atom is -0.478 e. The zero-order chi connectivity index (χ0) is 11.3. The molecule has 0 heterocycles. The Labute approximate surface area is 86.7 Å². The van der Waals surface area contributed by atoms with Crippen LogP contribution in [-0.2, 0) is 4.79 Å². The predicted octanol–water partition coefficient (Wildman–Crippen LogP) is 0.510. The molecule has 80 valence electrons. The lowest BCUT2D eigenvalue weighted by Crippen LogP contribution is -2.23. The number of benzene rings is 1. The van der Waals surface area contributed by atoms with Crippen LogP contribution in [0.5, 0.6) is 5.75 Å². The standard InChI is InChI=1S/C10H11NO4/c1-11-6-9(12)15-8-5-3-2-4-7(8)10(13)14/h2-5,11H,6H2,1H3,(H,13,14). The highest BCUT2D eigenvalue weighted by Gasteiger charge is 2.12. The summed E-state index contributed by atoms with van der Waals surface area (Å²) in [5, 5.41) is 11.4. The van der Waals surface area contributed by atoms with Crippen LogP contribution in [-0.4, -0.2) is 30.6 Å². The molecule has 0 unspecified atom stereocenters. The maximum atomic E-state index is 11.1. The highest BCUT2D eigenvalue weighted by Crippen LogP contribution is 2.17. The van der Waals surface area contributed by atoms with Gasteiger partial charge in [0.15, 0.2) is 0 Å². The number of para-hydroxylation sites is 1. The molecule has 0 saturated heterocycles. The average Bonchev–Trinajstić information content (AvgIpc) is 2.18. The van der Waals surface area contributed by atoms with Crippen molar-refractivity contribution in [2.24, 2.45) is 0 Å². The van der Waals surface area contributed by atoms with Crippen LogP contribution in [0.1, 0.15) is 10.4 Å². The quantitative estimate of drug-likeness (QED) is 0.558. The molecule has 0 aromatic heterocycles. The summed E-state index contributed by atoms with van der Waals surface area (Å²) < 4.78 is 4.86. The fourth-order valence-corrected chi connectivity index (χ4v) is 1.04. The van der Waals surface area contributed by atoms with E-state index in [9.17, 15) is 9.59 Å². The Morgan fingerprint density at radius 3 is 2.67 bits per heavy atom. The fourth-order valence-electron chi connectivity index (χ4n) is 1.04. The summed E-state index contributed by atoms with van der Waals surface area (Å²) in [5.41, 5.74) is -0.0260. The summed E-state index contributed by atoms with van der Waals surface area (Å²) in [7, 11) is 1.60. The van der Waals surface area contributed by atoms with E-state index < -0.39 is 11.9 Å². The molecular weight excluding hydrogens is 198 g/mol. The Hall–Kier alpha value is -1.88. The minimum atomic E-state index is -1.12. The normalized spacial score (nSPS) is 9.67. The van der Waals surface area contributed by atoms with Gasteiger partial charge in [-0.05, 0) is 19.2 Å². The van der Waals surface area contributed by atoms with Gasteiger partial charge in [-0.3, -0.25) is 4.79 Å². The molecular formula is C10H11NO4. The number of rotatable bonds is 4. The third-order valence-electron chi connectivity index (χ3n) is 1.66. The van der Waals surface area contributed by atoms with Crippen molar-refractivity contribution in [2.45, 2.75) is 0 Å². The van der Waals surface area contributed by atoms with Crippen LogP contribution >= 0.6 is 0 Å². The molecule has 0 fully saturated rings. The number of nitrogens with one attached hydrogen (secondary N) is 1. The first-order valence-corrected chi connectivity index (χ1v) is 4.32. The maximum Gasteiger partial charge on any atom is 0.339 e. The van der Waals surface area contributed by atoms with Gasteiger partial charge < -0.3 is 15.2 Å². The van der Waals surface area contributed by atoms with Gasteiger partial charge in [0.1, 0.15) is 11.3 Å². The Kier molecular flexibility index (Phi) is 3.82. The molecule has 0 aliphatic rings. The van der Waals surface area contributed by atoms with E-state index in [1.165, 1.54) is 12.1 Å². The van der Waals surface area contributed by atoms with Gasteiger partial charge in [-0.2, -0.15) is 0 Å². The second kappa shape index (κ2) is 5.11. The van der Waals surface area contributed by atoms with E-state index in [0.717, 1.165) is 0 Å². The number of ether oxygens (including phenoxy) is 1. The van der Waals surface area contributed by atoms with E-state index in [1.807, 2.05) is 0 Å². The summed E-state index contributed by atoms with van der Waals surface area (Å²) >= 11 is 0. The molecule has 0 saturated carbocycles. The number of likely N-dealkylation sites (N-methyl/N-ethyl adjacent to an activating group) is 1. The van der Waals surface area contributed by atoms with Crippen molar-refractivity contribution >= 4 is 11.9 Å². The minimum absolute atomic E-state index is 0.0260. The number of hydrogen-bond acceptors (Lipinski definition) is 4. The van der Waals surface area contributed by atoms with Crippen LogP contribution in [0.4, 0.5) is 0 Å². The third kappa shape index (κ3) is 3.07. The van der Waals surface area contributed by atoms with E-state index in [0.29, 0.717) is 0 Å². The smallest absolute Gasteiger partial charge is 0.339 e. The first kappa shape index (κ1) is 11.2. The third-order valence-corrected chi connectivity index (χ3v) is 1.66. The molecule has 0 atom stereocenters. The van der Waals surface area contributed by atoms with Crippen LogP contribution in [0.15, 0.2) is 24.3 Å². The first-order valence-electron chi connectivity index (χ1n) is 4.32. The first-order chi connectivity index (χ1) is 7.15. The van der Waals surface area contributed by atoms with Gasteiger partial charge in [0.2, 0.25) is 0 Å². The van der Waals surface area contributed by atoms with Crippen molar-refractivity contribution < 1.29 is 19.4 Å². The van der Waals surface area contributed by atoms with Crippen molar-refractivity contribution in [3.05, 3.63) is 29.8 Å². The summed E-state index contributed by atoms with van der Waals surface area (Å²) in [6.45, 7) is 0.0357. The van der Waals surface area contributed by atoms with E-state index in [4.69, 9.17) is 9.84 Å². The second-order valence-corrected chi connectivity index (χ2v) is 2.81. The SMILES string of the molecule is CNCC(=O)Oc1ccccc1C(=O)O. The monoisotopic (exact) mass is 209 g/mol. The molecule has 5 nitrogen and oxygen atoms in total. The number of carboxylic acids is 1. The van der Waals surface area contributed by atoms with Crippen molar-refractivity contribution in [2.75, 3.05) is 13.6 Å². The van der Waals surface area contributed by atoms with Gasteiger partial charge in [0.05, 0.1) is 6.54 Å². The van der Waals surface area contributed by atoms with Crippen LogP contribution in [0.25, 0.3) is 0 Å². The van der Waals surface area contributed by atoms with Gasteiger partial charge in [0.25, 0.3) is 0 Å².